The van der Waals surface area contributed by atoms with Gasteiger partial charge in [-0.05, 0) is 42.3 Å². The summed E-state index contributed by atoms with van der Waals surface area (Å²) in [6.45, 7) is 1.44. The second-order valence-electron chi connectivity index (χ2n) is 5.51. The Labute approximate surface area is 162 Å². The molecule has 0 aliphatic rings. The van der Waals surface area contributed by atoms with Gasteiger partial charge >= 0.3 is 0 Å². The number of halogens is 2. The van der Waals surface area contributed by atoms with Crippen LogP contribution in [-0.2, 0) is 10.0 Å². The maximum Gasteiger partial charge on any atom is 0.242 e. The predicted octanol–water partition coefficient (Wildman–Crippen LogP) is 3.33. The fraction of sp³-hybridized carbons (Fsp3) is 0.294. The largest absolute Gasteiger partial charge is 0.493 e. The topological polar surface area (TPSA) is 84.9 Å². The van der Waals surface area contributed by atoms with Crippen LogP contribution in [0.5, 0.6) is 11.5 Å². The van der Waals surface area contributed by atoms with Crippen molar-refractivity contribution in [2.75, 3.05) is 20.8 Å². The average Bonchev–Trinajstić information content (AvgIpc) is 2.61. The average molecular weight is 420 g/mol. The third-order valence-corrected chi connectivity index (χ3v) is 6.06. The van der Waals surface area contributed by atoms with Gasteiger partial charge in [-0.1, -0.05) is 29.3 Å². The van der Waals surface area contributed by atoms with Crippen molar-refractivity contribution in [2.24, 2.45) is 0 Å². The summed E-state index contributed by atoms with van der Waals surface area (Å²) in [6, 6.07) is 7.59. The van der Waals surface area contributed by atoms with Gasteiger partial charge < -0.3 is 14.6 Å². The molecule has 0 radical (unpaired) electrons. The Bertz CT molecular complexity index is 902. The lowest BCUT2D eigenvalue weighted by molar-refractivity contribution is 0.181. The Morgan fingerprint density at radius 2 is 1.73 bits per heavy atom. The molecular weight excluding hydrogens is 401 g/mol. The van der Waals surface area contributed by atoms with Crippen molar-refractivity contribution in [1.82, 2.24) is 4.72 Å². The molecule has 6 nitrogen and oxygen atoms in total. The molecule has 0 saturated carbocycles. The van der Waals surface area contributed by atoms with Crippen molar-refractivity contribution >= 4 is 33.2 Å². The molecule has 0 aromatic heterocycles. The Balaban J connectivity index is 2.18. The molecule has 0 heterocycles. The van der Waals surface area contributed by atoms with Crippen LogP contribution in [0.3, 0.4) is 0 Å². The lowest BCUT2D eigenvalue weighted by atomic mass is 10.1. The SMILES string of the molecule is COc1ccc(C(O)CNS(=O)(=O)c2cc(C)c(Cl)cc2Cl)cc1OC. The minimum absolute atomic E-state index is 0.00806. The molecule has 0 bridgehead atoms. The predicted molar refractivity (Wildman–Crippen MR) is 101 cm³/mol. The molecule has 2 aromatic rings. The molecule has 26 heavy (non-hydrogen) atoms. The van der Waals surface area contributed by atoms with Gasteiger partial charge in [-0.25, -0.2) is 13.1 Å². The molecule has 0 spiro atoms. The van der Waals surface area contributed by atoms with E-state index in [9.17, 15) is 13.5 Å². The Morgan fingerprint density at radius 3 is 2.35 bits per heavy atom. The molecule has 2 N–H and O–H groups in total. The first kappa shape index (κ1) is 20.8. The smallest absolute Gasteiger partial charge is 0.242 e. The van der Waals surface area contributed by atoms with Crippen molar-refractivity contribution in [3.8, 4) is 11.5 Å². The number of aliphatic hydroxyl groups excluding tert-OH is 1. The zero-order valence-electron chi connectivity index (χ0n) is 14.4. The monoisotopic (exact) mass is 419 g/mol. The molecule has 2 aromatic carbocycles. The van der Waals surface area contributed by atoms with E-state index >= 15 is 0 Å². The third-order valence-electron chi connectivity index (χ3n) is 3.76. The van der Waals surface area contributed by atoms with Crippen molar-refractivity contribution in [1.29, 1.82) is 0 Å². The van der Waals surface area contributed by atoms with Gasteiger partial charge in [-0.2, -0.15) is 0 Å². The van der Waals surface area contributed by atoms with Crippen LogP contribution in [0.15, 0.2) is 35.2 Å². The van der Waals surface area contributed by atoms with Crippen LogP contribution >= 0.6 is 23.2 Å². The second-order valence-corrected chi connectivity index (χ2v) is 8.06. The van der Waals surface area contributed by atoms with E-state index in [1.54, 1.807) is 25.1 Å². The third kappa shape index (κ3) is 4.61. The van der Waals surface area contributed by atoms with E-state index in [0.717, 1.165) is 0 Å². The number of methoxy groups -OCH3 is 2. The number of aliphatic hydroxyl groups is 1. The summed E-state index contributed by atoms with van der Waals surface area (Å²) in [6.07, 6.45) is -1.09. The van der Waals surface area contributed by atoms with Crippen LogP contribution in [0.25, 0.3) is 0 Å². The van der Waals surface area contributed by atoms with Crippen LogP contribution < -0.4 is 14.2 Å². The number of aryl methyl sites for hydroxylation is 1. The molecular formula is C17H19Cl2NO5S. The van der Waals surface area contributed by atoms with Crippen LogP contribution in [0.4, 0.5) is 0 Å². The van der Waals surface area contributed by atoms with Gasteiger partial charge in [0.25, 0.3) is 0 Å². The number of benzene rings is 2. The highest BCUT2D eigenvalue weighted by atomic mass is 35.5. The first-order chi connectivity index (χ1) is 12.2. The highest BCUT2D eigenvalue weighted by Crippen LogP contribution is 2.31. The molecule has 9 heteroatoms. The Kier molecular flexibility index (Phi) is 6.76. The maximum atomic E-state index is 12.5. The summed E-state index contributed by atoms with van der Waals surface area (Å²) < 4.78 is 37.6. The highest BCUT2D eigenvalue weighted by molar-refractivity contribution is 7.89. The van der Waals surface area contributed by atoms with Gasteiger partial charge in [0.15, 0.2) is 11.5 Å². The lowest BCUT2D eigenvalue weighted by Crippen LogP contribution is -2.29. The first-order valence-corrected chi connectivity index (χ1v) is 9.78. The Morgan fingerprint density at radius 1 is 1.08 bits per heavy atom. The minimum Gasteiger partial charge on any atom is -0.493 e. The number of hydrogen-bond donors (Lipinski definition) is 2. The zero-order chi connectivity index (χ0) is 19.5. The summed E-state index contributed by atoms with van der Waals surface area (Å²) in [4.78, 5) is -0.0967. The molecule has 0 amide bonds. The van der Waals surface area contributed by atoms with E-state index < -0.39 is 16.1 Å². The van der Waals surface area contributed by atoms with Gasteiger partial charge in [0.1, 0.15) is 4.90 Å². The number of sulfonamides is 1. The number of nitrogens with one attached hydrogen (secondary N) is 1. The fourth-order valence-electron chi connectivity index (χ4n) is 2.28. The molecule has 142 valence electrons. The fourth-order valence-corrected chi connectivity index (χ4v) is 4.15. The number of rotatable bonds is 7. The lowest BCUT2D eigenvalue weighted by Gasteiger charge is -2.16. The summed E-state index contributed by atoms with van der Waals surface area (Å²) >= 11 is 11.9. The Hall–Kier alpha value is -1.51. The standard InChI is InChI=1S/C17H19Cl2NO5S/c1-10-6-17(13(19)8-12(10)18)26(22,23)20-9-14(21)11-4-5-15(24-2)16(7-11)25-3/h4-8,14,20-21H,9H2,1-3H3. The summed E-state index contributed by atoms with van der Waals surface area (Å²) in [5.74, 6) is 0.940. The minimum atomic E-state index is -3.92. The zero-order valence-corrected chi connectivity index (χ0v) is 16.7. The first-order valence-electron chi connectivity index (χ1n) is 7.55. The molecule has 0 fully saturated rings. The number of hydrogen-bond acceptors (Lipinski definition) is 5. The van der Waals surface area contributed by atoms with E-state index in [2.05, 4.69) is 4.72 Å². The highest BCUT2D eigenvalue weighted by Gasteiger charge is 2.21. The van der Waals surface area contributed by atoms with Crippen molar-refractivity contribution < 1.29 is 23.0 Å². The quantitative estimate of drug-likeness (QED) is 0.718. The van der Waals surface area contributed by atoms with Gasteiger partial charge in [0, 0.05) is 11.6 Å². The van der Waals surface area contributed by atoms with Crippen LogP contribution in [0, 0.1) is 6.92 Å². The molecule has 2 rings (SSSR count). The molecule has 0 aliphatic carbocycles. The van der Waals surface area contributed by atoms with Gasteiger partial charge in [-0.3, -0.25) is 0 Å². The van der Waals surface area contributed by atoms with E-state index in [1.165, 1.54) is 26.4 Å². The normalized spacial score (nSPS) is 12.7. The van der Waals surface area contributed by atoms with Crippen molar-refractivity contribution in [2.45, 2.75) is 17.9 Å². The second kappa shape index (κ2) is 8.45. The summed E-state index contributed by atoms with van der Waals surface area (Å²) in [5, 5.41) is 10.7. The van der Waals surface area contributed by atoms with E-state index in [-0.39, 0.29) is 16.5 Å². The van der Waals surface area contributed by atoms with E-state index in [1.807, 2.05) is 0 Å². The van der Waals surface area contributed by atoms with Gasteiger partial charge in [-0.15, -0.1) is 0 Å². The molecule has 0 saturated heterocycles. The van der Waals surface area contributed by atoms with Gasteiger partial charge in [0.2, 0.25) is 10.0 Å². The summed E-state index contributed by atoms with van der Waals surface area (Å²) in [5.41, 5.74) is 1.06. The van der Waals surface area contributed by atoms with Crippen molar-refractivity contribution in [3.63, 3.8) is 0 Å². The molecule has 1 atom stereocenters. The van der Waals surface area contributed by atoms with E-state index in [4.69, 9.17) is 32.7 Å². The maximum absolute atomic E-state index is 12.5. The van der Waals surface area contributed by atoms with Crippen LogP contribution in [-0.4, -0.2) is 34.3 Å². The van der Waals surface area contributed by atoms with Crippen LogP contribution in [0.2, 0.25) is 10.0 Å². The van der Waals surface area contributed by atoms with E-state index in [0.29, 0.717) is 27.6 Å². The summed E-state index contributed by atoms with van der Waals surface area (Å²) in [7, 11) is -0.945. The van der Waals surface area contributed by atoms with Crippen molar-refractivity contribution in [3.05, 3.63) is 51.5 Å². The molecule has 1 unspecified atom stereocenters. The number of ether oxygens (including phenoxy) is 2. The van der Waals surface area contributed by atoms with Crippen LogP contribution in [0.1, 0.15) is 17.2 Å². The van der Waals surface area contributed by atoms with Gasteiger partial charge in [0.05, 0.1) is 25.3 Å². The molecule has 0 aliphatic heterocycles.